The first-order valence-corrected chi connectivity index (χ1v) is 8.79. The fourth-order valence-corrected chi connectivity index (χ4v) is 3.85. The van der Waals surface area contributed by atoms with Crippen molar-refractivity contribution in [3.05, 3.63) is 64.2 Å². The average molecular weight is 370 g/mol. The predicted molar refractivity (Wildman–Crippen MR) is 90.0 cm³/mol. The van der Waals surface area contributed by atoms with Crippen LogP contribution >= 0.6 is 0 Å². The Hall–Kier alpha value is -2.35. The largest absolute Gasteiger partial charge is 0.416 e. The van der Waals surface area contributed by atoms with Gasteiger partial charge in [0.2, 0.25) is 0 Å². The smallest absolute Gasteiger partial charge is 0.200 e. The normalized spacial score (nSPS) is 12.6. The Kier molecular flexibility index (Phi) is 5.22. The van der Waals surface area contributed by atoms with Gasteiger partial charge in [-0.3, -0.25) is 0 Å². The van der Waals surface area contributed by atoms with Gasteiger partial charge in [0.25, 0.3) is 10.0 Å². The number of hydrogen-bond donors (Lipinski definition) is 1. The minimum atomic E-state index is -4.47. The summed E-state index contributed by atoms with van der Waals surface area (Å²) in [6.45, 7) is 5.20. The van der Waals surface area contributed by atoms with Gasteiger partial charge in [0.05, 0.1) is 16.7 Å². The number of nitrogens with one attached hydrogen (secondary N) is 1. The number of nitrogens with zero attached hydrogens (tertiary/aromatic N) is 1. The molecule has 0 aromatic heterocycles. The molecular formula is C17H17F3N2O2S. The van der Waals surface area contributed by atoms with Crippen molar-refractivity contribution in [3.8, 4) is 0 Å². The van der Waals surface area contributed by atoms with Crippen LogP contribution in [0.15, 0.2) is 46.4 Å². The molecule has 1 N–H and O–H groups in total. The van der Waals surface area contributed by atoms with E-state index in [-0.39, 0.29) is 10.5 Å². The van der Waals surface area contributed by atoms with Gasteiger partial charge in [-0.15, -0.1) is 0 Å². The highest BCUT2D eigenvalue weighted by Crippen LogP contribution is 2.29. The summed E-state index contributed by atoms with van der Waals surface area (Å²) >= 11 is 0. The van der Waals surface area contributed by atoms with E-state index in [1.54, 1.807) is 26.0 Å². The van der Waals surface area contributed by atoms with Gasteiger partial charge < -0.3 is 0 Å². The van der Waals surface area contributed by atoms with Crippen LogP contribution in [0, 0.1) is 20.8 Å². The Balaban J connectivity index is 2.25. The molecular weight excluding hydrogens is 353 g/mol. The van der Waals surface area contributed by atoms with Crippen molar-refractivity contribution in [2.45, 2.75) is 31.8 Å². The zero-order chi connectivity index (χ0) is 18.8. The number of rotatable bonds is 4. The fourth-order valence-electron chi connectivity index (χ4n) is 2.60. The van der Waals surface area contributed by atoms with Crippen LogP contribution in [0.25, 0.3) is 0 Å². The molecule has 0 saturated heterocycles. The highest BCUT2D eigenvalue weighted by Gasteiger charge is 2.30. The molecule has 0 aliphatic rings. The first kappa shape index (κ1) is 19.0. The van der Waals surface area contributed by atoms with E-state index in [1.807, 2.05) is 11.8 Å². The van der Waals surface area contributed by atoms with Gasteiger partial charge in [0.1, 0.15) is 0 Å². The van der Waals surface area contributed by atoms with Crippen molar-refractivity contribution >= 4 is 16.2 Å². The zero-order valence-corrected chi connectivity index (χ0v) is 14.7. The third kappa shape index (κ3) is 4.60. The van der Waals surface area contributed by atoms with Crippen LogP contribution in [0.5, 0.6) is 0 Å². The summed E-state index contributed by atoms with van der Waals surface area (Å²) < 4.78 is 62.8. The van der Waals surface area contributed by atoms with E-state index in [9.17, 15) is 21.6 Å². The van der Waals surface area contributed by atoms with Crippen molar-refractivity contribution in [2.24, 2.45) is 5.10 Å². The summed E-state index contributed by atoms with van der Waals surface area (Å²) in [4.78, 5) is 2.15. The molecule has 0 atom stereocenters. The van der Waals surface area contributed by atoms with Crippen molar-refractivity contribution in [1.29, 1.82) is 0 Å². The lowest BCUT2D eigenvalue weighted by Crippen LogP contribution is -2.20. The van der Waals surface area contributed by atoms with Crippen LogP contribution in [0.1, 0.15) is 27.8 Å². The zero-order valence-electron chi connectivity index (χ0n) is 13.8. The number of halogens is 3. The molecule has 0 spiro atoms. The minimum absolute atomic E-state index is 0.110. The summed E-state index contributed by atoms with van der Waals surface area (Å²) in [5.41, 5.74) is 1.37. The van der Waals surface area contributed by atoms with Gasteiger partial charge in [-0.2, -0.15) is 26.7 Å². The third-order valence-corrected chi connectivity index (χ3v) is 5.00. The van der Waals surface area contributed by atoms with Gasteiger partial charge in [0, 0.05) is 0 Å². The number of alkyl halides is 3. The summed E-state index contributed by atoms with van der Waals surface area (Å²) in [6.07, 6.45) is -3.44. The molecule has 0 aliphatic heterocycles. The monoisotopic (exact) mass is 370 g/mol. The Bertz CT molecular complexity index is 897. The van der Waals surface area contributed by atoms with Crippen LogP contribution in [0.4, 0.5) is 13.2 Å². The van der Waals surface area contributed by atoms with Gasteiger partial charge in [-0.05, 0) is 49.6 Å². The quantitative estimate of drug-likeness (QED) is 0.655. The highest BCUT2D eigenvalue weighted by atomic mass is 32.2. The van der Waals surface area contributed by atoms with E-state index >= 15 is 0 Å². The van der Waals surface area contributed by atoms with Crippen LogP contribution in [0.3, 0.4) is 0 Å². The molecule has 2 aromatic carbocycles. The molecule has 0 fully saturated rings. The van der Waals surface area contributed by atoms with Crippen LogP contribution in [-0.2, 0) is 16.2 Å². The summed E-state index contributed by atoms with van der Waals surface area (Å²) in [6, 6.07) is 7.92. The molecule has 0 saturated carbocycles. The molecule has 0 unspecified atom stereocenters. The first-order chi connectivity index (χ1) is 11.5. The van der Waals surface area contributed by atoms with Crippen molar-refractivity contribution in [1.82, 2.24) is 4.83 Å². The molecule has 0 heterocycles. The van der Waals surface area contributed by atoms with Crippen molar-refractivity contribution in [2.75, 3.05) is 0 Å². The number of hydrazone groups is 1. The third-order valence-electron chi connectivity index (χ3n) is 3.47. The molecule has 8 heteroatoms. The molecule has 0 amide bonds. The Morgan fingerprint density at radius 2 is 1.64 bits per heavy atom. The molecule has 2 aromatic rings. The van der Waals surface area contributed by atoms with Crippen LogP contribution in [-0.4, -0.2) is 14.6 Å². The second-order valence-electron chi connectivity index (χ2n) is 5.70. The lowest BCUT2D eigenvalue weighted by atomic mass is 10.1. The van der Waals surface area contributed by atoms with Gasteiger partial charge in [0.15, 0.2) is 0 Å². The van der Waals surface area contributed by atoms with E-state index < -0.39 is 21.8 Å². The topological polar surface area (TPSA) is 58.5 Å². The number of aryl methyl sites for hydroxylation is 3. The van der Waals surface area contributed by atoms with Gasteiger partial charge in [-0.1, -0.05) is 29.8 Å². The molecule has 134 valence electrons. The lowest BCUT2D eigenvalue weighted by Gasteiger charge is -2.11. The Morgan fingerprint density at radius 1 is 1.04 bits per heavy atom. The molecule has 25 heavy (non-hydrogen) atoms. The first-order valence-electron chi connectivity index (χ1n) is 7.31. The second-order valence-corrected chi connectivity index (χ2v) is 7.30. The van der Waals surface area contributed by atoms with E-state index in [0.717, 1.165) is 23.9 Å². The molecule has 4 nitrogen and oxygen atoms in total. The maximum absolute atomic E-state index is 12.7. The second kappa shape index (κ2) is 6.87. The van der Waals surface area contributed by atoms with Crippen molar-refractivity contribution in [3.63, 3.8) is 0 Å². The van der Waals surface area contributed by atoms with Crippen LogP contribution in [0.2, 0.25) is 0 Å². The fraction of sp³-hybridized carbons (Fsp3) is 0.235. The Morgan fingerprint density at radius 3 is 2.20 bits per heavy atom. The maximum atomic E-state index is 12.7. The van der Waals surface area contributed by atoms with E-state index in [4.69, 9.17) is 0 Å². The number of sulfonamides is 1. The lowest BCUT2D eigenvalue weighted by molar-refractivity contribution is -0.137. The maximum Gasteiger partial charge on any atom is 0.416 e. The Labute approximate surface area is 144 Å². The molecule has 0 radical (unpaired) electrons. The standard InChI is InChI=1S/C17H17F3N2O2S/c1-11-7-12(2)16(13(3)8-11)25(23,24)22-21-10-14-5-4-6-15(9-14)17(18,19)20/h4-10,22H,1-3H3/b21-10+. The van der Waals surface area contributed by atoms with E-state index in [1.165, 1.54) is 12.1 Å². The summed E-state index contributed by atoms with van der Waals surface area (Å²) in [7, 11) is -3.92. The predicted octanol–water partition coefficient (Wildman–Crippen LogP) is 3.94. The van der Waals surface area contributed by atoms with Gasteiger partial charge in [-0.25, -0.2) is 4.83 Å². The molecule has 2 rings (SSSR count). The number of hydrogen-bond acceptors (Lipinski definition) is 3. The highest BCUT2D eigenvalue weighted by molar-refractivity contribution is 7.89. The van der Waals surface area contributed by atoms with E-state index in [0.29, 0.717) is 11.1 Å². The van der Waals surface area contributed by atoms with Gasteiger partial charge >= 0.3 is 6.18 Å². The molecule has 0 bridgehead atoms. The molecule has 0 aliphatic carbocycles. The minimum Gasteiger partial charge on any atom is -0.200 e. The average Bonchev–Trinajstić information content (AvgIpc) is 2.45. The van der Waals surface area contributed by atoms with Crippen LogP contribution < -0.4 is 4.83 Å². The number of benzene rings is 2. The SMILES string of the molecule is Cc1cc(C)c(S(=O)(=O)N/N=C/c2cccc(C(F)(F)F)c2)c(C)c1. The van der Waals surface area contributed by atoms with E-state index in [2.05, 4.69) is 5.10 Å². The van der Waals surface area contributed by atoms with Crippen molar-refractivity contribution < 1.29 is 21.6 Å². The summed E-state index contributed by atoms with van der Waals surface area (Å²) in [5, 5.41) is 3.59. The summed E-state index contributed by atoms with van der Waals surface area (Å²) in [5.74, 6) is 0.